The van der Waals surface area contributed by atoms with Crippen molar-refractivity contribution in [3.05, 3.63) is 23.8 Å². The third kappa shape index (κ3) is 9.41. The van der Waals surface area contributed by atoms with E-state index in [9.17, 15) is 0 Å². The molecule has 0 radical (unpaired) electrons. The molecule has 1 saturated heterocycles. The Hall–Kier alpha value is -1.26. The topological polar surface area (TPSA) is 81.3 Å². The van der Waals surface area contributed by atoms with Gasteiger partial charge in [-0.1, -0.05) is 32.8 Å². The molecule has 1 fully saturated rings. The highest BCUT2D eigenvalue weighted by Gasteiger charge is 2.24. The Bertz CT molecular complexity index is 666. The Balaban J connectivity index is 0.00000480. The Morgan fingerprint density at radius 3 is 2.42 bits per heavy atom. The summed E-state index contributed by atoms with van der Waals surface area (Å²) in [6, 6.07) is 6.48. The molecule has 0 aromatic heterocycles. The molecular weight excluding hydrogens is 507 g/mol. The highest BCUT2D eigenvalue weighted by Crippen LogP contribution is 2.32. The lowest BCUT2D eigenvalue weighted by Gasteiger charge is -2.34. The van der Waals surface area contributed by atoms with Crippen LogP contribution in [0.3, 0.4) is 0 Å². The van der Waals surface area contributed by atoms with Crippen molar-refractivity contribution in [2.24, 2.45) is 16.6 Å². The molecule has 0 bridgehead atoms. The maximum atomic E-state index is 6.21. The Morgan fingerprint density at radius 1 is 1.13 bits per heavy atom. The van der Waals surface area contributed by atoms with Crippen LogP contribution in [0.1, 0.15) is 51.6 Å². The summed E-state index contributed by atoms with van der Waals surface area (Å²) in [5, 5.41) is 3.34. The van der Waals surface area contributed by atoms with Gasteiger partial charge < -0.3 is 25.3 Å². The summed E-state index contributed by atoms with van der Waals surface area (Å²) in [5.74, 6) is 2.69. The van der Waals surface area contributed by atoms with Crippen molar-refractivity contribution < 1.29 is 14.2 Å². The van der Waals surface area contributed by atoms with Gasteiger partial charge in [-0.25, -0.2) is 0 Å². The van der Waals surface area contributed by atoms with Crippen LogP contribution >= 0.6 is 24.0 Å². The number of nitrogens with one attached hydrogen (secondary N) is 1. The molecular formula is C23H41IN4O3. The van der Waals surface area contributed by atoms with E-state index in [0.29, 0.717) is 18.5 Å². The maximum Gasteiger partial charge on any atom is 0.188 e. The average Bonchev–Trinajstić information content (AvgIpc) is 2.74. The van der Waals surface area contributed by atoms with Crippen molar-refractivity contribution in [1.82, 2.24) is 10.2 Å². The first-order valence-electron chi connectivity index (χ1n) is 11.0. The van der Waals surface area contributed by atoms with E-state index >= 15 is 0 Å². The van der Waals surface area contributed by atoms with Crippen LogP contribution < -0.4 is 20.5 Å². The van der Waals surface area contributed by atoms with Crippen molar-refractivity contribution in [1.29, 1.82) is 0 Å². The zero-order chi connectivity index (χ0) is 21.9. The molecule has 0 spiro atoms. The molecule has 1 aliphatic heterocycles. The molecule has 2 atom stereocenters. The monoisotopic (exact) mass is 548 g/mol. The minimum atomic E-state index is 0. The molecule has 0 amide bonds. The van der Waals surface area contributed by atoms with Gasteiger partial charge in [-0.2, -0.15) is 0 Å². The van der Waals surface area contributed by atoms with Crippen molar-refractivity contribution in [3.63, 3.8) is 0 Å². The van der Waals surface area contributed by atoms with Gasteiger partial charge >= 0.3 is 0 Å². The maximum absolute atomic E-state index is 6.21. The number of aliphatic imine (C=N–C) groups is 1. The molecule has 1 heterocycles. The number of ether oxygens (including phenoxy) is 3. The number of guanidine groups is 1. The molecule has 1 aromatic carbocycles. The van der Waals surface area contributed by atoms with Gasteiger partial charge in [0.15, 0.2) is 17.5 Å². The van der Waals surface area contributed by atoms with Crippen molar-refractivity contribution in [3.8, 4) is 11.5 Å². The van der Waals surface area contributed by atoms with E-state index in [1.807, 2.05) is 12.1 Å². The number of morpholine rings is 1. The van der Waals surface area contributed by atoms with Gasteiger partial charge in [-0.15, -0.1) is 24.0 Å². The molecule has 8 heteroatoms. The van der Waals surface area contributed by atoms with Crippen molar-refractivity contribution >= 4 is 29.9 Å². The molecule has 31 heavy (non-hydrogen) atoms. The lowest BCUT2D eigenvalue weighted by atomic mass is 10.0. The van der Waals surface area contributed by atoms with Gasteiger partial charge in [0.05, 0.1) is 40.0 Å². The second kappa shape index (κ2) is 14.7. The third-order valence-corrected chi connectivity index (χ3v) is 5.53. The van der Waals surface area contributed by atoms with Crippen LogP contribution in [0.15, 0.2) is 23.2 Å². The fraction of sp³-hybridized carbons (Fsp3) is 0.696. The van der Waals surface area contributed by atoms with Crippen LogP contribution in [-0.2, 0) is 4.74 Å². The minimum absolute atomic E-state index is 0. The highest BCUT2D eigenvalue weighted by atomic mass is 127. The molecule has 1 aromatic rings. The van der Waals surface area contributed by atoms with Crippen LogP contribution in [0.2, 0.25) is 0 Å². The molecule has 2 unspecified atom stereocenters. The zero-order valence-corrected chi connectivity index (χ0v) is 22.1. The Labute approximate surface area is 205 Å². The normalized spacial score (nSPS) is 17.0. The van der Waals surface area contributed by atoms with E-state index in [0.717, 1.165) is 55.7 Å². The molecule has 3 N–H and O–H groups in total. The highest BCUT2D eigenvalue weighted by molar-refractivity contribution is 14.0. The number of rotatable bonds is 11. The van der Waals surface area contributed by atoms with Gasteiger partial charge in [-0.3, -0.25) is 9.89 Å². The van der Waals surface area contributed by atoms with Gasteiger partial charge in [0, 0.05) is 19.1 Å². The van der Waals surface area contributed by atoms with E-state index in [1.54, 1.807) is 14.2 Å². The minimum Gasteiger partial charge on any atom is -0.493 e. The zero-order valence-electron chi connectivity index (χ0n) is 19.7. The molecule has 2 rings (SSSR count). The summed E-state index contributed by atoms with van der Waals surface area (Å²) in [7, 11) is 3.31. The van der Waals surface area contributed by atoms with Crippen LogP contribution in [0, 0.1) is 5.92 Å². The van der Waals surface area contributed by atoms with E-state index < -0.39 is 0 Å². The fourth-order valence-corrected chi connectivity index (χ4v) is 3.77. The van der Waals surface area contributed by atoms with Crippen molar-refractivity contribution in [2.75, 3.05) is 47.1 Å². The first-order valence-corrected chi connectivity index (χ1v) is 11.0. The summed E-state index contributed by atoms with van der Waals surface area (Å²) >= 11 is 0. The predicted molar refractivity (Wildman–Crippen MR) is 138 cm³/mol. The Kier molecular flexibility index (Phi) is 13.2. The van der Waals surface area contributed by atoms with Crippen LogP contribution in [-0.4, -0.2) is 64.0 Å². The van der Waals surface area contributed by atoms with Gasteiger partial charge in [-0.05, 0) is 37.0 Å². The quantitative estimate of drug-likeness (QED) is 0.249. The summed E-state index contributed by atoms with van der Waals surface area (Å²) in [6.45, 7) is 10.5. The van der Waals surface area contributed by atoms with Crippen LogP contribution in [0.25, 0.3) is 0 Å². The number of nitrogens with two attached hydrogens (primary N) is 1. The van der Waals surface area contributed by atoms with Crippen LogP contribution in [0.4, 0.5) is 0 Å². The number of hydrogen-bond acceptors (Lipinski definition) is 5. The van der Waals surface area contributed by atoms with E-state index in [2.05, 4.69) is 42.0 Å². The summed E-state index contributed by atoms with van der Waals surface area (Å²) < 4.78 is 16.4. The Morgan fingerprint density at radius 2 is 1.81 bits per heavy atom. The first kappa shape index (κ1) is 27.8. The SMILES string of the molecule is COc1ccc(C(CN=C(N)NC(C)CCCC(C)C)N2CCOCC2)cc1OC.I. The lowest BCUT2D eigenvalue weighted by molar-refractivity contribution is 0.0179. The largest absolute Gasteiger partial charge is 0.493 e. The first-order chi connectivity index (χ1) is 14.4. The molecule has 0 saturated carbocycles. The predicted octanol–water partition coefficient (Wildman–Crippen LogP) is 3.81. The van der Waals surface area contributed by atoms with E-state index in [4.69, 9.17) is 19.9 Å². The second-order valence-electron chi connectivity index (χ2n) is 8.37. The lowest BCUT2D eigenvalue weighted by Crippen LogP contribution is -2.42. The van der Waals surface area contributed by atoms with Crippen molar-refractivity contribution in [2.45, 2.75) is 52.1 Å². The smallest absolute Gasteiger partial charge is 0.188 e. The fourth-order valence-electron chi connectivity index (χ4n) is 3.77. The van der Waals surface area contributed by atoms with E-state index in [1.165, 1.54) is 12.8 Å². The van der Waals surface area contributed by atoms with Crippen LogP contribution in [0.5, 0.6) is 11.5 Å². The number of methoxy groups -OCH3 is 2. The second-order valence-corrected chi connectivity index (χ2v) is 8.37. The van der Waals surface area contributed by atoms with Gasteiger partial charge in [0.1, 0.15) is 0 Å². The standard InChI is InChI=1S/C23H40N4O3.HI/c1-17(2)7-6-8-18(3)26-23(24)25-16-20(27-11-13-30-14-12-27)19-9-10-21(28-4)22(15-19)29-5;/h9-10,15,17-18,20H,6-8,11-14,16H2,1-5H3,(H3,24,25,26);1H. The summed E-state index contributed by atoms with van der Waals surface area (Å²) in [6.07, 6.45) is 3.53. The van der Waals surface area contributed by atoms with Gasteiger partial charge in [0.25, 0.3) is 0 Å². The molecule has 178 valence electrons. The molecule has 1 aliphatic rings. The number of halogens is 1. The molecule has 7 nitrogen and oxygen atoms in total. The van der Waals surface area contributed by atoms with E-state index in [-0.39, 0.29) is 30.0 Å². The number of benzene rings is 1. The third-order valence-electron chi connectivity index (χ3n) is 5.53. The summed E-state index contributed by atoms with van der Waals surface area (Å²) in [5.41, 5.74) is 7.35. The number of hydrogen-bond donors (Lipinski definition) is 2. The molecule has 0 aliphatic carbocycles. The summed E-state index contributed by atoms with van der Waals surface area (Å²) in [4.78, 5) is 7.08. The average molecular weight is 549 g/mol. The van der Waals surface area contributed by atoms with Gasteiger partial charge in [0.2, 0.25) is 0 Å². The number of nitrogens with zero attached hydrogens (tertiary/aromatic N) is 2.